The predicted octanol–water partition coefficient (Wildman–Crippen LogP) is 2.55. The van der Waals surface area contributed by atoms with Crippen molar-refractivity contribution >= 4 is 29.4 Å². The monoisotopic (exact) mass is 427 g/mol. The molecule has 0 saturated carbocycles. The summed E-state index contributed by atoms with van der Waals surface area (Å²) in [6.45, 7) is 2.96. The van der Waals surface area contributed by atoms with Crippen LogP contribution < -0.4 is 5.32 Å². The second-order valence-electron chi connectivity index (χ2n) is 7.28. The van der Waals surface area contributed by atoms with Crippen molar-refractivity contribution in [2.75, 3.05) is 38.0 Å². The zero-order valence-electron chi connectivity index (χ0n) is 17.1. The van der Waals surface area contributed by atoms with E-state index in [1.807, 2.05) is 0 Å². The average Bonchev–Trinajstić information content (AvgIpc) is 3.28. The molecule has 0 aliphatic carbocycles. The molecule has 2 amide bonds. The van der Waals surface area contributed by atoms with Gasteiger partial charge in [-0.2, -0.15) is 0 Å². The van der Waals surface area contributed by atoms with Crippen LogP contribution in [-0.2, 0) is 9.59 Å². The SMILES string of the molecule is O=C(CN(CCN1CCCCC1)C(=O)C=Cc1ccc([N+](=O)[O-])cc1)Nc1ccon1. The summed E-state index contributed by atoms with van der Waals surface area (Å²) < 4.78 is 4.70. The molecule has 2 aromatic rings. The van der Waals surface area contributed by atoms with Crippen molar-refractivity contribution in [3.05, 3.63) is 58.3 Å². The zero-order chi connectivity index (χ0) is 22.1. The van der Waals surface area contributed by atoms with Crippen molar-refractivity contribution in [1.82, 2.24) is 15.0 Å². The number of nitro groups is 1. The highest BCUT2D eigenvalue weighted by Crippen LogP contribution is 2.13. The van der Waals surface area contributed by atoms with Crippen LogP contribution in [0, 0.1) is 10.1 Å². The van der Waals surface area contributed by atoms with E-state index in [2.05, 4.69) is 15.4 Å². The first-order valence-electron chi connectivity index (χ1n) is 10.2. The third-order valence-corrected chi connectivity index (χ3v) is 5.01. The van der Waals surface area contributed by atoms with Crippen LogP contribution in [0.15, 0.2) is 47.2 Å². The summed E-state index contributed by atoms with van der Waals surface area (Å²) in [4.78, 5) is 39.2. The molecule has 3 rings (SSSR count). The minimum Gasteiger partial charge on any atom is -0.363 e. The van der Waals surface area contributed by atoms with E-state index in [-0.39, 0.29) is 29.9 Å². The summed E-state index contributed by atoms with van der Waals surface area (Å²) in [5.74, 6) is -0.398. The molecule has 31 heavy (non-hydrogen) atoms. The third kappa shape index (κ3) is 7.03. The van der Waals surface area contributed by atoms with E-state index < -0.39 is 4.92 Å². The lowest BCUT2D eigenvalue weighted by Crippen LogP contribution is -2.43. The number of aromatic nitrogens is 1. The minimum absolute atomic E-state index is 0.0174. The van der Waals surface area contributed by atoms with Gasteiger partial charge < -0.3 is 19.6 Å². The first-order valence-corrected chi connectivity index (χ1v) is 10.2. The lowest BCUT2D eigenvalue weighted by molar-refractivity contribution is -0.384. The van der Waals surface area contributed by atoms with Gasteiger partial charge in [-0.1, -0.05) is 11.6 Å². The molecule has 1 aliphatic heterocycles. The van der Waals surface area contributed by atoms with E-state index in [4.69, 9.17) is 4.52 Å². The molecule has 1 aromatic carbocycles. The molecular weight excluding hydrogens is 402 g/mol. The fourth-order valence-electron chi connectivity index (χ4n) is 3.33. The number of non-ortho nitro benzene ring substituents is 1. The largest absolute Gasteiger partial charge is 0.363 e. The standard InChI is InChI=1S/C21H25N5O5/c27-20(22-19-10-15-31-23-19)16-25(14-13-24-11-2-1-3-12-24)21(28)9-6-17-4-7-18(8-5-17)26(29)30/h4-10,15H,1-3,11-14,16H2,(H,22,23,27). The maximum atomic E-state index is 12.8. The number of nitrogens with one attached hydrogen (secondary N) is 1. The Morgan fingerprint density at radius 3 is 2.58 bits per heavy atom. The molecule has 1 N–H and O–H groups in total. The van der Waals surface area contributed by atoms with E-state index >= 15 is 0 Å². The summed E-state index contributed by atoms with van der Waals surface area (Å²) in [5, 5.41) is 17.0. The zero-order valence-corrected chi connectivity index (χ0v) is 17.1. The number of hydrogen-bond acceptors (Lipinski definition) is 7. The summed E-state index contributed by atoms with van der Waals surface area (Å²) >= 11 is 0. The second-order valence-corrected chi connectivity index (χ2v) is 7.28. The van der Waals surface area contributed by atoms with Crippen LogP contribution in [0.1, 0.15) is 24.8 Å². The van der Waals surface area contributed by atoms with Gasteiger partial charge >= 0.3 is 0 Å². The molecule has 0 unspecified atom stereocenters. The van der Waals surface area contributed by atoms with Gasteiger partial charge in [0.1, 0.15) is 12.8 Å². The molecule has 1 fully saturated rings. The quantitative estimate of drug-likeness (QED) is 0.371. The van der Waals surface area contributed by atoms with Gasteiger partial charge in [-0.15, -0.1) is 0 Å². The number of anilines is 1. The van der Waals surface area contributed by atoms with Crippen LogP contribution in [0.25, 0.3) is 6.08 Å². The maximum absolute atomic E-state index is 12.8. The van der Waals surface area contributed by atoms with Crippen LogP contribution in [0.4, 0.5) is 11.5 Å². The Morgan fingerprint density at radius 2 is 1.94 bits per heavy atom. The fraction of sp³-hybridized carbons (Fsp3) is 0.381. The lowest BCUT2D eigenvalue weighted by atomic mass is 10.1. The van der Waals surface area contributed by atoms with Gasteiger partial charge in [-0.25, -0.2) is 0 Å². The molecule has 1 aliphatic rings. The van der Waals surface area contributed by atoms with Crippen molar-refractivity contribution in [3.63, 3.8) is 0 Å². The van der Waals surface area contributed by atoms with Crippen molar-refractivity contribution in [2.24, 2.45) is 0 Å². The molecule has 10 heteroatoms. The van der Waals surface area contributed by atoms with Gasteiger partial charge in [0.2, 0.25) is 11.8 Å². The summed E-state index contributed by atoms with van der Waals surface area (Å²) in [6.07, 6.45) is 7.80. The van der Waals surface area contributed by atoms with Gasteiger partial charge in [0.15, 0.2) is 5.82 Å². The maximum Gasteiger partial charge on any atom is 0.269 e. The fourth-order valence-corrected chi connectivity index (χ4v) is 3.33. The number of hydrogen-bond donors (Lipinski definition) is 1. The van der Waals surface area contributed by atoms with Crippen LogP contribution in [0.2, 0.25) is 0 Å². The van der Waals surface area contributed by atoms with Gasteiger partial charge in [0.25, 0.3) is 5.69 Å². The van der Waals surface area contributed by atoms with Gasteiger partial charge in [-0.05, 0) is 49.7 Å². The summed E-state index contributed by atoms with van der Waals surface area (Å²) in [7, 11) is 0. The van der Waals surface area contributed by atoms with E-state index in [0.29, 0.717) is 18.7 Å². The van der Waals surface area contributed by atoms with Crippen LogP contribution in [-0.4, -0.2) is 64.4 Å². The molecule has 0 atom stereocenters. The Morgan fingerprint density at radius 1 is 1.19 bits per heavy atom. The van der Waals surface area contributed by atoms with Crippen LogP contribution in [0.3, 0.4) is 0 Å². The minimum atomic E-state index is -0.478. The van der Waals surface area contributed by atoms with Gasteiger partial charge in [0, 0.05) is 37.4 Å². The Balaban J connectivity index is 1.63. The number of carbonyl (C=O) groups is 2. The molecule has 0 radical (unpaired) electrons. The molecule has 2 heterocycles. The third-order valence-electron chi connectivity index (χ3n) is 5.01. The average molecular weight is 427 g/mol. The first kappa shape index (κ1) is 22.2. The van der Waals surface area contributed by atoms with Crippen molar-refractivity contribution < 1.29 is 19.0 Å². The smallest absolute Gasteiger partial charge is 0.269 e. The van der Waals surface area contributed by atoms with Crippen LogP contribution in [0.5, 0.6) is 0 Å². The molecular formula is C21H25N5O5. The van der Waals surface area contributed by atoms with E-state index in [1.165, 1.54) is 41.9 Å². The molecule has 1 aromatic heterocycles. The number of nitrogens with zero attached hydrogens (tertiary/aromatic N) is 4. The first-order chi connectivity index (χ1) is 15.0. The number of likely N-dealkylation sites (tertiary alicyclic amines) is 1. The Hall–Kier alpha value is -3.53. The molecule has 1 saturated heterocycles. The number of amides is 2. The summed E-state index contributed by atoms with van der Waals surface area (Å²) in [5.41, 5.74) is 0.637. The van der Waals surface area contributed by atoms with E-state index in [9.17, 15) is 19.7 Å². The number of carbonyl (C=O) groups excluding carboxylic acids is 2. The molecule has 0 bridgehead atoms. The van der Waals surface area contributed by atoms with Gasteiger partial charge in [0.05, 0.1) is 4.92 Å². The second kappa shape index (κ2) is 11.0. The molecule has 10 nitrogen and oxygen atoms in total. The topological polar surface area (TPSA) is 122 Å². The molecule has 164 valence electrons. The van der Waals surface area contributed by atoms with Gasteiger partial charge in [-0.3, -0.25) is 19.7 Å². The van der Waals surface area contributed by atoms with Crippen molar-refractivity contribution in [1.29, 1.82) is 0 Å². The van der Waals surface area contributed by atoms with E-state index in [0.717, 1.165) is 25.9 Å². The van der Waals surface area contributed by atoms with Crippen LogP contribution >= 0.6 is 0 Å². The number of rotatable bonds is 9. The Kier molecular flexibility index (Phi) is 7.88. The number of piperidine rings is 1. The predicted molar refractivity (Wildman–Crippen MR) is 114 cm³/mol. The highest BCUT2D eigenvalue weighted by molar-refractivity contribution is 5.97. The van der Waals surface area contributed by atoms with E-state index in [1.54, 1.807) is 18.2 Å². The van der Waals surface area contributed by atoms with Crippen molar-refractivity contribution in [3.8, 4) is 0 Å². The number of nitro benzene ring substituents is 1. The van der Waals surface area contributed by atoms with Crippen molar-refractivity contribution in [2.45, 2.75) is 19.3 Å². The highest BCUT2D eigenvalue weighted by Gasteiger charge is 2.18. The normalized spacial score (nSPS) is 14.5. The summed E-state index contributed by atoms with van der Waals surface area (Å²) in [6, 6.07) is 7.41. The Bertz CT molecular complexity index is 905. The number of benzene rings is 1. The Labute approximate surface area is 179 Å². The highest BCUT2D eigenvalue weighted by atomic mass is 16.6. The lowest BCUT2D eigenvalue weighted by Gasteiger charge is -2.29. The molecule has 0 spiro atoms.